The first-order valence-corrected chi connectivity index (χ1v) is 8.33. The van der Waals surface area contributed by atoms with Crippen molar-refractivity contribution in [3.63, 3.8) is 0 Å². The molecular formula is C17H32N4. The number of imidazole rings is 1. The standard InChI is InChI=1S/C17H32N4/c1-6-9-18-14-7-8-17(2,3)12-15(14)21(5)13-16-19-10-11-20(16)4/h10-11,14-15,18H,6-9,12-13H2,1-5H3. The SMILES string of the molecule is CCCNC1CCC(C)(C)CC1N(C)Cc1nccn1C. The number of likely N-dealkylation sites (N-methyl/N-ethyl adjacent to an activating group) is 1. The van der Waals surface area contributed by atoms with Gasteiger partial charge in [0.25, 0.3) is 0 Å². The summed E-state index contributed by atoms with van der Waals surface area (Å²) in [4.78, 5) is 6.97. The molecule has 0 aromatic carbocycles. The van der Waals surface area contributed by atoms with Crippen LogP contribution in [0.25, 0.3) is 0 Å². The molecule has 120 valence electrons. The first kappa shape index (κ1) is 16.5. The number of rotatable bonds is 6. The van der Waals surface area contributed by atoms with E-state index in [0.29, 0.717) is 17.5 Å². The molecule has 1 aliphatic carbocycles. The molecular weight excluding hydrogens is 260 g/mol. The molecule has 0 aliphatic heterocycles. The molecule has 0 bridgehead atoms. The van der Waals surface area contributed by atoms with Crippen LogP contribution in [0.1, 0.15) is 52.3 Å². The fraction of sp³-hybridized carbons (Fsp3) is 0.824. The van der Waals surface area contributed by atoms with Crippen molar-refractivity contribution in [3.05, 3.63) is 18.2 Å². The quantitative estimate of drug-likeness (QED) is 0.875. The van der Waals surface area contributed by atoms with Crippen LogP contribution < -0.4 is 5.32 Å². The smallest absolute Gasteiger partial charge is 0.122 e. The lowest BCUT2D eigenvalue weighted by Gasteiger charge is -2.45. The Morgan fingerprint density at radius 3 is 2.86 bits per heavy atom. The maximum absolute atomic E-state index is 4.48. The van der Waals surface area contributed by atoms with E-state index in [0.717, 1.165) is 18.9 Å². The summed E-state index contributed by atoms with van der Waals surface area (Å²) in [6, 6.07) is 1.21. The molecule has 1 aliphatic rings. The van der Waals surface area contributed by atoms with Crippen LogP contribution in [0.3, 0.4) is 0 Å². The summed E-state index contributed by atoms with van der Waals surface area (Å²) < 4.78 is 2.12. The number of hydrogen-bond acceptors (Lipinski definition) is 3. The second-order valence-electron chi connectivity index (χ2n) is 7.40. The minimum atomic E-state index is 0.449. The third kappa shape index (κ3) is 4.30. The van der Waals surface area contributed by atoms with Crippen molar-refractivity contribution in [2.45, 2.75) is 65.1 Å². The van der Waals surface area contributed by atoms with Gasteiger partial charge in [0, 0.05) is 31.5 Å². The number of aromatic nitrogens is 2. The molecule has 1 N–H and O–H groups in total. The summed E-state index contributed by atoms with van der Waals surface area (Å²) in [7, 11) is 4.33. The summed E-state index contributed by atoms with van der Waals surface area (Å²) >= 11 is 0. The lowest BCUT2D eigenvalue weighted by atomic mass is 9.72. The molecule has 2 atom stereocenters. The van der Waals surface area contributed by atoms with Crippen molar-refractivity contribution in [2.75, 3.05) is 13.6 Å². The summed E-state index contributed by atoms with van der Waals surface area (Å²) in [6.45, 7) is 9.11. The van der Waals surface area contributed by atoms with E-state index < -0.39 is 0 Å². The Hall–Kier alpha value is -0.870. The second kappa shape index (κ2) is 6.93. The number of nitrogens with zero attached hydrogens (tertiary/aromatic N) is 3. The van der Waals surface area contributed by atoms with Crippen LogP contribution in [0.15, 0.2) is 12.4 Å². The third-order valence-corrected chi connectivity index (χ3v) is 4.89. The van der Waals surface area contributed by atoms with Gasteiger partial charge < -0.3 is 9.88 Å². The van der Waals surface area contributed by atoms with Gasteiger partial charge in [0.15, 0.2) is 0 Å². The Morgan fingerprint density at radius 1 is 1.48 bits per heavy atom. The lowest BCUT2D eigenvalue weighted by Crippen LogP contribution is -2.53. The zero-order valence-electron chi connectivity index (χ0n) is 14.4. The van der Waals surface area contributed by atoms with Gasteiger partial charge in [-0.25, -0.2) is 4.98 Å². The van der Waals surface area contributed by atoms with Crippen molar-refractivity contribution in [1.29, 1.82) is 0 Å². The lowest BCUT2D eigenvalue weighted by molar-refractivity contribution is 0.0755. The Bertz CT molecular complexity index is 438. The minimum absolute atomic E-state index is 0.449. The second-order valence-corrected chi connectivity index (χ2v) is 7.40. The highest BCUT2D eigenvalue weighted by molar-refractivity contribution is 4.97. The monoisotopic (exact) mass is 292 g/mol. The molecule has 4 heteroatoms. The Kier molecular flexibility index (Phi) is 5.44. The predicted molar refractivity (Wildman–Crippen MR) is 88.2 cm³/mol. The van der Waals surface area contributed by atoms with Crippen molar-refractivity contribution in [3.8, 4) is 0 Å². The average molecular weight is 292 g/mol. The maximum atomic E-state index is 4.48. The topological polar surface area (TPSA) is 33.1 Å². The number of aryl methyl sites for hydroxylation is 1. The molecule has 1 fully saturated rings. The molecule has 0 saturated heterocycles. The largest absolute Gasteiger partial charge is 0.337 e. The van der Waals surface area contributed by atoms with E-state index in [1.165, 1.54) is 25.7 Å². The summed E-state index contributed by atoms with van der Waals surface area (Å²) in [5.74, 6) is 1.15. The van der Waals surface area contributed by atoms with Crippen LogP contribution in [0.2, 0.25) is 0 Å². The molecule has 0 radical (unpaired) electrons. The predicted octanol–water partition coefficient (Wildman–Crippen LogP) is 2.80. The molecule has 1 aromatic rings. The zero-order chi connectivity index (χ0) is 15.5. The molecule has 21 heavy (non-hydrogen) atoms. The van der Waals surface area contributed by atoms with Crippen LogP contribution in [0.4, 0.5) is 0 Å². The maximum Gasteiger partial charge on any atom is 0.122 e. The third-order valence-electron chi connectivity index (χ3n) is 4.89. The van der Waals surface area contributed by atoms with Crippen molar-refractivity contribution in [1.82, 2.24) is 19.8 Å². The van der Waals surface area contributed by atoms with Gasteiger partial charge >= 0.3 is 0 Å². The molecule has 4 nitrogen and oxygen atoms in total. The van der Waals surface area contributed by atoms with E-state index in [1.54, 1.807) is 0 Å². The van der Waals surface area contributed by atoms with Crippen LogP contribution in [-0.2, 0) is 13.6 Å². The molecule has 1 aromatic heterocycles. The first-order chi connectivity index (χ1) is 9.93. The van der Waals surface area contributed by atoms with E-state index >= 15 is 0 Å². The van der Waals surface area contributed by atoms with Gasteiger partial charge in [0.1, 0.15) is 5.82 Å². The summed E-state index contributed by atoms with van der Waals surface area (Å²) in [6.07, 6.45) is 8.98. The normalized spacial score (nSPS) is 25.4. The van der Waals surface area contributed by atoms with E-state index in [-0.39, 0.29) is 0 Å². The molecule has 1 heterocycles. The van der Waals surface area contributed by atoms with Crippen LogP contribution in [0, 0.1) is 5.41 Å². The Labute approximate surface area is 129 Å². The van der Waals surface area contributed by atoms with Crippen molar-refractivity contribution >= 4 is 0 Å². The van der Waals surface area contributed by atoms with Crippen LogP contribution >= 0.6 is 0 Å². The van der Waals surface area contributed by atoms with Gasteiger partial charge in [0.2, 0.25) is 0 Å². The highest BCUT2D eigenvalue weighted by Gasteiger charge is 2.36. The fourth-order valence-corrected chi connectivity index (χ4v) is 3.47. The molecule has 0 spiro atoms. The summed E-state index contributed by atoms with van der Waals surface area (Å²) in [5.41, 5.74) is 0.449. The number of nitrogens with one attached hydrogen (secondary N) is 1. The molecule has 2 unspecified atom stereocenters. The Balaban J connectivity index is 2.05. The van der Waals surface area contributed by atoms with E-state index in [1.807, 2.05) is 12.4 Å². The van der Waals surface area contributed by atoms with E-state index in [9.17, 15) is 0 Å². The van der Waals surface area contributed by atoms with Crippen molar-refractivity contribution in [2.24, 2.45) is 12.5 Å². The van der Waals surface area contributed by atoms with Crippen LogP contribution in [0.5, 0.6) is 0 Å². The first-order valence-electron chi connectivity index (χ1n) is 8.33. The van der Waals surface area contributed by atoms with Crippen LogP contribution in [-0.4, -0.2) is 40.1 Å². The molecule has 2 rings (SSSR count). The highest BCUT2D eigenvalue weighted by Crippen LogP contribution is 2.37. The van der Waals surface area contributed by atoms with Gasteiger partial charge in [0.05, 0.1) is 6.54 Å². The average Bonchev–Trinajstić information content (AvgIpc) is 2.82. The highest BCUT2D eigenvalue weighted by atomic mass is 15.2. The van der Waals surface area contributed by atoms with Gasteiger partial charge in [-0.3, -0.25) is 4.90 Å². The van der Waals surface area contributed by atoms with Gasteiger partial charge in [-0.15, -0.1) is 0 Å². The number of hydrogen-bond donors (Lipinski definition) is 1. The van der Waals surface area contributed by atoms with E-state index in [4.69, 9.17) is 0 Å². The molecule has 0 amide bonds. The fourth-order valence-electron chi connectivity index (χ4n) is 3.47. The van der Waals surface area contributed by atoms with Gasteiger partial charge in [-0.2, -0.15) is 0 Å². The van der Waals surface area contributed by atoms with Gasteiger partial charge in [-0.05, 0) is 44.7 Å². The Morgan fingerprint density at radius 2 is 2.24 bits per heavy atom. The van der Waals surface area contributed by atoms with E-state index in [2.05, 4.69) is 54.6 Å². The summed E-state index contributed by atoms with van der Waals surface area (Å²) in [5, 5.41) is 3.77. The molecule has 1 saturated carbocycles. The van der Waals surface area contributed by atoms with Gasteiger partial charge in [-0.1, -0.05) is 20.8 Å². The van der Waals surface area contributed by atoms with Crippen molar-refractivity contribution < 1.29 is 0 Å². The zero-order valence-corrected chi connectivity index (χ0v) is 14.4. The minimum Gasteiger partial charge on any atom is -0.337 e.